The van der Waals surface area contributed by atoms with Gasteiger partial charge in [-0.05, 0) is 116 Å². The lowest BCUT2D eigenvalue weighted by Crippen LogP contribution is -2.16. The lowest BCUT2D eigenvalue weighted by molar-refractivity contribution is 0.662. The van der Waals surface area contributed by atoms with Crippen LogP contribution in [0.5, 0.6) is 0 Å². The standard InChI is InChI=1S/C63H46N2/c1-63(2)57-36-16-14-30-52(57)55-35-19-34-51(62(55)63)45-25-18-28-47(41-45)64(48-39-40-59-56(42-48)53-31-15-17-37-58(53)65(59)46-26-10-5-11-27-46)60-38-20-33-50(44-23-8-4-9-24-44)61(60)54-32-13-12-29-49(54)43-21-6-3-7-22-43/h3-42H,1-2H3. The molecule has 0 unspecified atom stereocenters. The Bertz CT molecular complexity index is 3560. The van der Waals surface area contributed by atoms with Crippen LogP contribution in [0.2, 0.25) is 0 Å². The zero-order valence-corrected chi connectivity index (χ0v) is 36.5. The second kappa shape index (κ2) is 15.6. The molecule has 10 aromatic carbocycles. The average Bonchev–Trinajstić information content (AvgIpc) is 3.83. The minimum absolute atomic E-state index is 0.158. The third-order valence-corrected chi connectivity index (χ3v) is 13.6. The van der Waals surface area contributed by atoms with Crippen molar-refractivity contribution in [2.45, 2.75) is 19.3 Å². The van der Waals surface area contributed by atoms with Crippen LogP contribution in [0.1, 0.15) is 25.0 Å². The first-order valence-electron chi connectivity index (χ1n) is 22.6. The van der Waals surface area contributed by atoms with Crippen LogP contribution >= 0.6 is 0 Å². The van der Waals surface area contributed by atoms with E-state index in [1.165, 1.54) is 88.6 Å². The second-order valence-electron chi connectivity index (χ2n) is 17.7. The normalized spacial score (nSPS) is 12.6. The summed E-state index contributed by atoms with van der Waals surface area (Å²) in [6, 6.07) is 89.0. The molecule has 0 saturated heterocycles. The van der Waals surface area contributed by atoms with E-state index in [4.69, 9.17) is 0 Å². The molecule has 0 saturated carbocycles. The van der Waals surface area contributed by atoms with E-state index in [1.807, 2.05) is 0 Å². The Morgan fingerprint density at radius 1 is 0.354 bits per heavy atom. The van der Waals surface area contributed by atoms with E-state index in [-0.39, 0.29) is 5.41 Å². The summed E-state index contributed by atoms with van der Waals surface area (Å²) >= 11 is 0. The van der Waals surface area contributed by atoms with Crippen molar-refractivity contribution in [2.24, 2.45) is 0 Å². The fourth-order valence-electron chi connectivity index (χ4n) is 10.7. The minimum Gasteiger partial charge on any atom is -0.310 e. The molecule has 308 valence electrons. The molecule has 1 aliphatic carbocycles. The molecule has 12 rings (SSSR count). The molecule has 1 aliphatic rings. The number of fused-ring (bicyclic) bond motifs is 6. The van der Waals surface area contributed by atoms with Gasteiger partial charge < -0.3 is 9.47 Å². The molecule has 0 spiro atoms. The first-order chi connectivity index (χ1) is 32.0. The average molecular weight is 831 g/mol. The summed E-state index contributed by atoms with van der Waals surface area (Å²) in [7, 11) is 0. The molecule has 0 fully saturated rings. The number of rotatable bonds is 8. The molecular formula is C63H46N2. The predicted molar refractivity (Wildman–Crippen MR) is 275 cm³/mol. The van der Waals surface area contributed by atoms with Gasteiger partial charge in [-0.2, -0.15) is 0 Å². The molecule has 0 radical (unpaired) electrons. The highest BCUT2D eigenvalue weighted by atomic mass is 15.1. The summed E-state index contributed by atoms with van der Waals surface area (Å²) in [5.41, 5.74) is 21.5. The van der Waals surface area contributed by atoms with Gasteiger partial charge in [-0.15, -0.1) is 0 Å². The van der Waals surface area contributed by atoms with Crippen molar-refractivity contribution < 1.29 is 0 Å². The van der Waals surface area contributed by atoms with E-state index in [0.717, 1.165) is 22.7 Å². The van der Waals surface area contributed by atoms with E-state index in [9.17, 15) is 0 Å². The molecule has 65 heavy (non-hydrogen) atoms. The highest BCUT2D eigenvalue weighted by Gasteiger charge is 2.37. The maximum Gasteiger partial charge on any atom is 0.0546 e. The van der Waals surface area contributed by atoms with Crippen LogP contribution < -0.4 is 4.90 Å². The smallest absolute Gasteiger partial charge is 0.0546 e. The zero-order chi connectivity index (χ0) is 43.5. The van der Waals surface area contributed by atoms with Crippen LogP contribution in [-0.4, -0.2) is 4.57 Å². The first-order valence-corrected chi connectivity index (χ1v) is 22.6. The number of para-hydroxylation sites is 2. The van der Waals surface area contributed by atoms with Crippen molar-refractivity contribution in [2.75, 3.05) is 4.90 Å². The second-order valence-corrected chi connectivity index (χ2v) is 17.7. The Morgan fingerprint density at radius 2 is 0.892 bits per heavy atom. The number of hydrogen-bond donors (Lipinski definition) is 0. The molecule has 2 nitrogen and oxygen atoms in total. The topological polar surface area (TPSA) is 8.17 Å². The summed E-state index contributed by atoms with van der Waals surface area (Å²) in [5, 5.41) is 2.42. The fourth-order valence-corrected chi connectivity index (χ4v) is 10.7. The zero-order valence-electron chi connectivity index (χ0n) is 36.5. The van der Waals surface area contributed by atoms with Gasteiger partial charge in [0.25, 0.3) is 0 Å². The van der Waals surface area contributed by atoms with Crippen molar-refractivity contribution in [3.63, 3.8) is 0 Å². The summed E-state index contributed by atoms with van der Waals surface area (Å²) in [5.74, 6) is 0. The molecule has 0 bridgehead atoms. The highest BCUT2D eigenvalue weighted by Crippen LogP contribution is 2.53. The van der Waals surface area contributed by atoms with Gasteiger partial charge in [0.05, 0.1) is 16.7 Å². The Labute approximate surface area is 381 Å². The summed E-state index contributed by atoms with van der Waals surface area (Å²) in [6.45, 7) is 4.76. The number of nitrogens with zero attached hydrogens (tertiary/aromatic N) is 2. The van der Waals surface area contributed by atoms with Crippen molar-refractivity contribution in [3.05, 3.63) is 254 Å². The van der Waals surface area contributed by atoms with Gasteiger partial charge >= 0.3 is 0 Å². The lowest BCUT2D eigenvalue weighted by Gasteiger charge is -2.31. The molecule has 0 amide bonds. The summed E-state index contributed by atoms with van der Waals surface area (Å²) < 4.78 is 2.40. The highest BCUT2D eigenvalue weighted by molar-refractivity contribution is 6.11. The van der Waals surface area contributed by atoms with Gasteiger partial charge in [0.1, 0.15) is 0 Å². The maximum atomic E-state index is 2.50. The van der Waals surface area contributed by atoms with Crippen molar-refractivity contribution in [3.8, 4) is 61.3 Å². The Kier molecular flexibility index (Phi) is 9.21. The first kappa shape index (κ1) is 38.5. The van der Waals surface area contributed by atoms with Gasteiger partial charge in [0.15, 0.2) is 0 Å². The number of aromatic nitrogens is 1. The summed E-state index contributed by atoms with van der Waals surface area (Å²) in [6.07, 6.45) is 0. The molecule has 1 heterocycles. The Morgan fingerprint density at radius 3 is 1.68 bits per heavy atom. The van der Waals surface area contributed by atoms with Crippen LogP contribution in [0.4, 0.5) is 17.1 Å². The monoisotopic (exact) mass is 830 g/mol. The quantitative estimate of drug-likeness (QED) is 0.148. The molecule has 11 aromatic rings. The maximum absolute atomic E-state index is 2.50. The minimum atomic E-state index is -0.158. The van der Waals surface area contributed by atoms with Gasteiger partial charge in [-0.1, -0.05) is 202 Å². The van der Waals surface area contributed by atoms with Gasteiger partial charge in [0, 0.05) is 38.8 Å². The van der Waals surface area contributed by atoms with E-state index in [2.05, 4.69) is 266 Å². The van der Waals surface area contributed by atoms with E-state index in [0.29, 0.717) is 0 Å². The van der Waals surface area contributed by atoms with Crippen molar-refractivity contribution in [1.82, 2.24) is 4.57 Å². The van der Waals surface area contributed by atoms with E-state index < -0.39 is 0 Å². The molecule has 0 aliphatic heterocycles. The number of benzene rings is 10. The van der Waals surface area contributed by atoms with Crippen molar-refractivity contribution >= 4 is 38.9 Å². The van der Waals surface area contributed by atoms with Gasteiger partial charge in [-0.25, -0.2) is 0 Å². The van der Waals surface area contributed by atoms with Gasteiger partial charge in [0.2, 0.25) is 0 Å². The Hall–Kier alpha value is -8.20. The van der Waals surface area contributed by atoms with Crippen LogP contribution in [-0.2, 0) is 5.41 Å². The predicted octanol–water partition coefficient (Wildman–Crippen LogP) is 17.2. The largest absolute Gasteiger partial charge is 0.310 e. The van der Waals surface area contributed by atoms with Crippen LogP contribution in [0, 0.1) is 0 Å². The number of anilines is 3. The van der Waals surface area contributed by atoms with Crippen molar-refractivity contribution in [1.29, 1.82) is 0 Å². The SMILES string of the molecule is CC1(C)c2ccccc2-c2cccc(-c3cccc(N(c4ccc5c(c4)c4ccccc4n5-c4ccccc4)c4cccc(-c5ccccc5)c4-c4ccccc4-c4ccccc4)c3)c21. The van der Waals surface area contributed by atoms with E-state index >= 15 is 0 Å². The number of hydrogen-bond acceptors (Lipinski definition) is 1. The molecule has 0 atom stereocenters. The van der Waals surface area contributed by atoms with Crippen LogP contribution in [0.15, 0.2) is 243 Å². The third-order valence-electron chi connectivity index (χ3n) is 13.6. The van der Waals surface area contributed by atoms with E-state index in [1.54, 1.807) is 0 Å². The molecule has 0 N–H and O–H groups in total. The lowest BCUT2D eigenvalue weighted by atomic mass is 9.79. The fraction of sp³-hybridized carbons (Fsp3) is 0.0476. The van der Waals surface area contributed by atoms with Gasteiger partial charge in [-0.3, -0.25) is 0 Å². The molecule has 2 heteroatoms. The van der Waals surface area contributed by atoms with Crippen LogP contribution in [0.25, 0.3) is 83.1 Å². The van der Waals surface area contributed by atoms with Crippen LogP contribution in [0.3, 0.4) is 0 Å². The Balaban J connectivity index is 1.15. The molecular weight excluding hydrogens is 785 g/mol. The summed E-state index contributed by atoms with van der Waals surface area (Å²) in [4.78, 5) is 2.50. The third kappa shape index (κ3) is 6.32. The molecule has 1 aromatic heterocycles.